The first-order valence-corrected chi connectivity index (χ1v) is 3.82. The summed E-state index contributed by atoms with van der Waals surface area (Å²) in [6.07, 6.45) is 5.20. The molecule has 0 unspecified atom stereocenters. The summed E-state index contributed by atoms with van der Waals surface area (Å²) in [5.74, 6) is 1.39. The molecule has 1 aliphatic heterocycles. The quantitative estimate of drug-likeness (QED) is 0.623. The van der Waals surface area contributed by atoms with E-state index < -0.39 is 0 Å². The molecule has 0 aliphatic carbocycles. The first-order valence-electron chi connectivity index (χ1n) is 3.82. The van der Waals surface area contributed by atoms with E-state index >= 15 is 0 Å². The van der Waals surface area contributed by atoms with Gasteiger partial charge in [0.2, 0.25) is 5.88 Å². The Labute approximate surface area is 70.3 Å². The summed E-state index contributed by atoms with van der Waals surface area (Å²) >= 11 is 0. The second-order valence-corrected chi connectivity index (χ2v) is 2.54. The first-order chi connectivity index (χ1) is 5.92. The molecular formula is C8H9N3O. The zero-order valence-electron chi connectivity index (χ0n) is 6.82. The van der Waals surface area contributed by atoms with Crippen molar-refractivity contribution < 1.29 is 4.74 Å². The number of methoxy groups -OCH3 is 1. The summed E-state index contributed by atoms with van der Waals surface area (Å²) < 4.78 is 5.09. The summed E-state index contributed by atoms with van der Waals surface area (Å²) in [5, 5.41) is 0. The molecule has 0 bridgehead atoms. The standard InChI is InChI=1S/C8H9N3O/c1-12-8-6-3-2-4-9-7(6)10-5-11-8/h4-5H,2-3H2,1H3. The molecule has 12 heavy (non-hydrogen) atoms. The van der Waals surface area contributed by atoms with Crippen molar-refractivity contribution in [2.45, 2.75) is 12.8 Å². The van der Waals surface area contributed by atoms with Gasteiger partial charge >= 0.3 is 0 Å². The molecule has 0 amide bonds. The molecule has 2 rings (SSSR count). The van der Waals surface area contributed by atoms with E-state index in [1.54, 1.807) is 7.11 Å². The Bertz CT molecular complexity index is 322. The van der Waals surface area contributed by atoms with Crippen molar-refractivity contribution in [3.63, 3.8) is 0 Å². The molecule has 4 nitrogen and oxygen atoms in total. The number of fused-ring (bicyclic) bond motifs is 1. The fourth-order valence-electron chi connectivity index (χ4n) is 1.25. The lowest BCUT2D eigenvalue weighted by atomic mass is 10.1. The topological polar surface area (TPSA) is 47.4 Å². The number of aromatic nitrogens is 2. The second-order valence-electron chi connectivity index (χ2n) is 2.54. The van der Waals surface area contributed by atoms with Gasteiger partial charge in [-0.05, 0) is 12.8 Å². The Morgan fingerprint density at radius 2 is 2.33 bits per heavy atom. The fraction of sp³-hybridized carbons (Fsp3) is 0.375. The smallest absolute Gasteiger partial charge is 0.221 e. The van der Waals surface area contributed by atoms with E-state index in [0.717, 1.165) is 24.2 Å². The van der Waals surface area contributed by atoms with Crippen molar-refractivity contribution in [1.29, 1.82) is 0 Å². The van der Waals surface area contributed by atoms with Crippen LogP contribution < -0.4 is 4.74 Å². The largest absolute Gasteiger partial charge is 0.481 e. The summed E-state index contributed by atoms with van der Waals surface area (Å²) in [4.78, 5) is 12.2. The molecule has 0 spiro atoms. The van der Waals surface area contributed by atoms with Crippen molar-refractivity contribution in [3.05, 3.63) is 11.9 Å². The number of hydrogen-bond acceptors (Lipinski definition) is 4. The maximum Gasteiger partial charge on any atom is 0.221 e. The highest BCUT2D eigenvalue weighted by Crippen LogP contribution is 2.27. The van der Waals surface area contributed by atoms with Crippen molar-refractivity contribution in [2.24, 2.45) is 4.99 Å². The van der Waals surface area contributed by atoms with Gasteiger partial charge in [0, 0.05) is 6.21 Å². The summed E-state index contributed by atoms with van der Waals surface area (Å²) in [6, 6.07) is 0. The van der Waals surface area contributed by atoms with Crippen molar-refractivity contribution in [2.75, 3.05) is 7.11 Å². The van der Waals surface area contributed by atoms with E-state index in [9.17, 15) is 0 Å². The SMILES string of the molecule is COc1ncnc2c1CCC=N2. The van der Waals surface area contributed by atoms with Crippen LogP contribution in [0, 0.1) is 0 Å². The Morgan fingerprint density at radius 1 is 1.42 bits per heavy atom. The van der Waals surface area contributed by atoms with Gasteiger partial charge in [-0.25, -0.2) is 15.0 Å². The molecule has 0 N–H and O–H groups in total. The summed E-state index contributed by atoms with van der Waals surface area (Å²) in [7, 11) is 1.61. The van der Waals surface area contributed by atoms with Gasteiger partial charge < -0.3 is 4.74 Å². The predicted octanol–water partition coefficient (Wildman–Crippen LogP) is 1.13. The van der Waals surface area contributed by atoms with Crippen LogP contribution in [0.5, 0.6) is 5.88 Å². The molecule has 0 saturated carbocycles. The van der Waals surface area contributed by atoms with Gasteiger partial charge in [-0.15, -0.1) is 0 Å². The number of nitrogens with zero attached hydrogens (tertiary/aromatic N) is 3. The van der Waals surface area contributed by atoms with Crippen LogP contribution in [-0.2, 0) is 6.42 Å². The average molecular weight is 163 g/mol. The first kappa shape index (κ1) is 7.21. The minimum absolute atomic E-state index is 0.650. The van der Waals surface area contributed by atoms with Gasteiger partial charge in [0.15, 0.2) is 5.82 Å². The second kappa shape index (κ2) is 2.89. The van der Waals surface area contributed by atoms with E-state index in [1.807, 2.05) is 6.21 Å². The van der Waals surface area contributed by atoms with Crippen LogP contribution in [0.1, 0.15) is 12.0 Å². The van der Waals surface area contributed by atoms with Crippen LogP contribution >= 0.6 is 0 Å². The highest BCUT2D eigenvalue weighted by molar-refractivity contribution is 5.67. The average Bonchev–Trinajstić information content (AvgIpc) is 2.17. The minimum Gasteiger partial charge on any atom is -0.481 e. The van der Waals surface area contributed by atoms with Crippen LogP contribution in [0.25, 0.3) is 0 Å². The van der Waals surface area contributed by atoms with Gasteiger partial charge in [0.05, 0.1) is 12.7 Å². The van der Waals surface area contributed by atoms with Gasteiger partial charge in [-0.2, -0.15) is 0 Å². The van der Waals surface area contributed by atoms with Gasteiger partial charge in [0.1, 0.15) is 6.33 Å². The molecule has 0 saturated heterocycles. The molecular weight excluding hydrogens is 154 g/mol. The lowest BCUT2D eigenvalue weighted by Gasteiger charge is -2.10. The highest BCUT2D eigenvalue weighted by atomic mass is 16.5. The Balaban J connectivity index is 2.53. The van der Waals surface area contributed by atoms with Crippen LogP contribution in [0.4, 0.5) is 5.82 Å². The van der Waals surface area contributed by atoms with Crippen LogP contribution in [0.15, 0.2) is 11.3 Å². The fourth-order valence-corrected chi connectivity index (χ4v) is 1.25. The molecule has 62 valence electrons. The molecule has 0 fully saturated rings. The summed E-state index contributed by atoms with van der Waals surface area (Å²) in [6.45, 7) is 0. The third-order valence-corrected chi connectivity index (χ3v) is 1.81. The van der Waals surface area contributed by atoms with Gasteiger partial charge in [-0.3, -0.25) is 0 Å². The molecule has 1 aromatic heterocycles. The number of hydrogen-bond donors (Lipinski definition) is 0. The van der Waals surface area contributed by atoms with Crippen molar-refractivity contribution >= 4 is 12.0 Å². The van der Waals surface area contributed by atoms with E-state index in [1.165, 1.54) is 6.33 Å². The van der Waals surface area contributed by atoms with Crippen molar-refractivity contribution in [3.8, 4) is 5.88 Å². The van der Waals surface area contributed by atoms with E-state index in [0.29, 0.717) is 5.88 Å². The molecule has 2 heterocycles. The Morgan fingerprint density at radius 3 is 3.17 bits per heavy atom. The molecule has 0 radical (unpaired) electrons. The van der Waals surface area contributed by atoms with Crippen LogP contribution in [0.3, 0.4) is 0 Å². The van der Waals surface area contributed by atoms with Crippen LogP contribution in [0.2, 0.25) is 0 Å². The van der Waals surface area contributed by atoms with Crippen molar-refractivity contribution in [1.82, 2.24) is 9.97 Å². The van der Waals surface area contributed by atoms with Gasteiger partial charge in [0.25, 0.3) is 0 Å². The lowest BCUT2D eigenvalue weighted by Crippen LogP contribution is -2.01. The summed E-state index contributed by atoms with van der Waals surface area (Å²) in [5.41, 5.74) is 1.02. The lowest BCUT2D eigenvalue weighted by molar-refractivity contribution is 0.391. The third-order valence-electron chi connectivity index (χ3n) is 1.81. The maximum absolute atomic E-state index is 5.09. The number of aliphatic imine (C=N–C) groups is 1. The monoisotopic (exact) mass is 163 g/mol. The Hall–Kier alpha value is -1.45. The van der Waals surface area contributed by atoms with E-state index in [4.69, 9.17) is 4.74 Å². The van der Waals surface area contributed by atoms with Crippen LogP contribution in [-0.4, -0.2) is 23.3 Å². The number of ether oxygens (including phenoxy) is 1. The zero-order chi connectivity index (χ0) is 8.39. The Kier molecular flexibility index (Phi) is 1.74. The molecule has 4 heteroatoms. The molecule has 0 atom stereocenters. The van der Waals surface area contributed by atoms with E-state index in [-0.39, 0.29) is 0 Å². The normalized spacial score (nSPS) is 14.1. The highest BCUT2D eigenvalue weighted by Gasteiger charge is 2.12. The van der Waals surface area contributed by atoms with Gasteiger partial charge in [-0.1, -0.05) is 0 Å². The molecule has 1 aromatic rings. The third kappa shape index (κ3) is 1.05. The number of rotatable bonds is 1. The predicted molar refractivity (Wildman–Crippen MR) is 45.1 cm³/mol. The zero-order valence-corrected chi connectivity index (χ0v) is 6.82. The minimum atomic E-state index is 0.650. The maximum atomic E-state index is 5.09. The molecule has 0 aromatic carbocycles. The van der Waals surface area contributed by atoms with E-state index in [2.05, 4.69) is 15.0 Å². The molecule has 1 aliphatic rings.